The molecule has 1 atom stereocenters. The summed E-state index contributed by atoms with van der Waals surface area (Å²) in [6.45, 7) is 1.95. The number of hydrogen-bond acceptors (Lipinski definition) is 0. The highest BCUT2D eigenvalue weighted by atomic mass is 19.2. The monoisotopic (exact) mass is 410 g/mol. The van der Waals surface area contributed by atoms with Crippen LogP contribution >= 0.6 is 0 Å². The highest BCUT2D eigenvalue weighted by molar-refractivity contribution is 5.79. The molecule has 0 saturated carbocycles. The fourth-order valence-electron chi connectivity index (χ4n) is 3.71. The number of alkyl halides is 1. The SMILES string of the molecule is CCCCCc1c(F)cc(C2=C(F)C=CCC2(F)c2c(F)cccc2F)cc1F. The molecule has 1 unspecified atom stereocenters. The quantitative estimate of drug-likeness (QED) is 0.342. The zero-order valence-corrected chi connectivity index (χ0v) is 15.8. The minimum atomic E-state index is -2.95. The van der Waals surface area contributed by atoms with Gasteiger partial charge in [-0.2, -0.15) is 0 Å². The van der Waals surface area contributed by atoms with E-state index in [0.29, 0.717) is 6.42 Å². The Bertz CT molecular complexity index is 932. The maximum absolute atomic E-state index is 16.0. The molecule has 3 rings (SSSR count). The molecule has 0 fully saturated rings. The van der Waals surface area contributed by atoms with Gasteiger partial charge in [0.05, 0.1) is 5.56 Å². The molecule has 1 aliphatic carbocycles. The van der Waals surface area contributed by atoms with Crippen LogP contribution in [0.5, 0.6) is 0 Å². The molecule has 6 heteroatoms. The lowest BCUT2D eigenvalue weighted by Gasteiger charge is -2.31. The molecule has 154 valence electrons. The number of rotatable bonds is 6. The van der Waals surface area contributed by atoms with Crippen LogP contribution in [-0.4, -0.2) is 0 Å². The first-order chi connectivity index (χ1) is 13.8. The van der Waals surface area contributed by atoms with Crippen LogP contribution in [0.25, 0.3) is 5.57 Å². The first kappa shape index (κ1) is 21.2. The highest BCUT2D eigenvalue weighted by Crippen LogP contribution is 2.49. The van der Waals surface area contributed by atoms with E-state index in [0.717, 1.165) is 55.3 Å². The predicted octanol–water partition coefficient (Wildman–Crippen LogP) is 7.48. The molecule has 0 bridgehead atoms. The van der Waals surface area contributed by atoms with E-state index in [1.54, 1.807) is 0 Å². The maximum atomic E-state index is 16.0. The molecule has 0 heterocycles. The zero-order chi connectivity index (χ0) is 21.2. The van der Waals surface area contributed by atoms with Gasteiger partial charge in [0.15, 0.2) is 5.67 Å². The van der Waals surface area contributed by atoms with Crippen LogP contribution in [0.2, 0.25) is 0 Å². The Hall–Kier alpha value is -2.50. The van der Waals surface area contributed by atoms with Crippen LogP contribution in [0.1, 0.15) is 49.3 Å². The van der Waals surface area contributed by atoms with Gasteiger partial charge in [-0.15, -0.1) is 0 Å². The lowest BCUT2D eigenvalue weighted by molar-refractivity contribution is 0.228. The Labute approximate surface area is 165 Å². The Morgan fingerprint density at radius 2 is 1.52 bits per heavy atom. The molecule has 0 N–H and O–H groups in total. The second-order valence-electron chi connectivity index (χ2n) is 7.10. The fraction of sp³-hybridized carbons (Fsp3) is 0.304. The Morgan fingerprint density at radius 3 is 2.10 bits per heavy atom. The third-order valence-electron chi connectivity index (χ3n) is 5.12. The van der Waals surface area contributed by atoms with Crippen molar-refractivity contribution in [2.45, 2.75) is 44.7 Å². The van der Waals surface area contributed by atoms with E-state index in [4.69, 9.17) is 0 Å². The average molecular weight is 410 g/mol. The standard InChI is InChI=1S/C23H20F6/c1-2-3-4-7-15-19(27)12-14(13-20(15)28)21-16(24)10-6-11-23(21,29)22-17(25)8-5-9-18(22)26/h5-6,8-10,12-13H,2-4,7,11H2,1H3. The zero-order valence-electron chi connectivity index (χ0n) is 15.8. The average Bonchev–Trinajstić information content (AvgIpc) is 2.63. The van der Waals surface area contributed by atoms with Gasteiger partial charge in [-0.25, -0.2) is 26.3 Å². The molecular weight excluding hydrogens is 390 g/mol. The topological polar surface area (TPSA) is 0 Å². The molecule has 0 spiro atoms. The summed E-state index contributed by atoms with van der Waals surface area (Å²) in [5.74, 6) is -5.43. The Morgan fingerprint density at radius 1 is 0.897 bits per heavy atom. The second-order valence-corrected chi connectivity index (χ2v) is 7.10. The molecule has 0 radical (unpaired) electrons. The largest absolute Gasteiger partial charge is 0.233 e. The second kappa shape index (κ2) is 8.47. The van der Waals surface area contributed by atoms with Gasteiger partial charge in [0.1, 0.15) is 29.1 Å². The number of halogens is 6. The third-order valence-corrected chi connectivity index (χ3v) is 5.12. The summed E-state index contributed by atoms with van der Waals surface area (Å²) in [6, 6.07) is 4.41. The molecule has 0 amide bonds. The summed E-state index contributed by atoms with van der Waals surface area (Å²) < 4.78 is 88.3. The van der Waals surface area contributed by atoms with Crippen LogP contribution in [-0.2, 0) is 12.1 Å². The van der Waals surface area contributed by atoms with E-state index in [-0.39, 0.29) is 12.0 Å². The van der Waals surface area contributed by atoms with E-state index in [1.165, 1.54) is 0 Å². The summed E-state index contributed by atoms with van der Waals surface area (Å²) >= 11 is 0. The molecule has 2 aromatic carbocycles. The van der Waals surface area contributed by atoms with Crippen molar-refractivity contribution in [2.24, 2.45) is 0 Å². The third kappa shape index (κ3) is 3.98. The maximum Gasteiger partial charge on any atom is 0.173 e. The predicted molar refractivity (Wildman–Crippen MR) is 101 cm³/mol. The minimum absolute atomic E-state index is 0.149. The van der Waals surface area contributed by atoms with Crippen molar-refractivity contribution >= 4 is 5.57 Å². The molecule has 0 aliphatic heterocycles. The summed E-state index contributed by atoms with van der Waals surface area (Å²) in [4.78, 5) is 0. The molecule has 29 heavy (non-hydrogen) atoms. The van der Waals surface area contributed by atoms with Crippen LogP contribution in [0.4, 0.5) is 26.3 Å². The summed E-state index contributed by atoms with van der Waals surface area (Å²) in [5.41, 5.74) is -5.32. The number of hydrogen-bond donors (Lipinski definition) is 0. The fourth-order valence-corrected chi connectivity index (χ4v) is 3.71. The van der Waals surface area contributed by atoms with Crippen LogP contribution in [0.15, 0.2) is 48.3 Å². The summed E-state index contributed by atoms with van der Waals surface area (Å²) in [7, 11) is 0. The lowest BCUT2D eigenvalue weighted by atomic mass is 9.77. The molecule has 0 aromatic heterocycles. The van der Waals surface area contributed by atoms with Gasteiger partial charge in [-0.3, -0.25) is 0 Å². The van der Waals surface area contributed by atoms with E-state index >= 15 is 4.39 Å². The van der Waals surface area contributed by atoms with Gasteiger partial charge in [0, 0.05) is 17.6 Å². The number of allylic oxidation sites excluding steroid dienone is 4. The van der Waals surface area contributed by atoms with E-state index in [1.807, 2.05) is 6.92 Å². The molecule has 1 aliphatic rings. The van der Waals surface area contributed by atoms with E-state index in [9.17, 15) is 22.0 Å². The van der Waals surface area contributed by atoms with Crippen molar-refractivity contribution in [3.8, 4) is 0 Å². The highest BCUT2D eigenvalue weighted by Gasteiger charge is 2.44. The van der Waals surface area contributed by atoms with Gasteiger partial charge in [-0.1, -0.05) is 31.9 Å². The van der Waals surface area contributed by atoms with Crippen molar-refractivity contribution < 1.29 is 26.3 Å². The van der Waals surface area contributed by atoms with Gasteiger partial charge in [0.2, 0.25) is 0 Å². The van der Waals surface area contributed by atoms with Crippen LogP contribution in [0, 0.1) is 23.3 Å². The normalized spacial score (nSPS) is 19.1. The minimum Gasteiger partial charge on any atom is -0.233 e. The molecule has 0 nitrogen and oxygen atoms in total. The number of unbranched alkanes of at least 4 members (excludes halogenated alkanes) is 2. The summed E-state index contributed by atoms with van der Waals surface area (Å²) in [5, 5.41) is 0. The van der Waals surface area contributed by atoms with E-state index in [2.05, 4.69) is 0 Å². The Kier molecular flexibility index (Phi) is 6.20. The van der Waals surface area contributed by atoms with Crippen molar-refractivity contribution in [1.82, 2.24) is 0 Å². The van der Waals surface area contributed by atoms with Gasteiger partial charge in [-0.05, 0) is 48.7 Å². The van der Waals surface area contributed by atoms with Gasteiger partial charge >= 0.3 is 0 Å². The van der Waals surface area contributed by atoms with Crippen molar-refractivity contribution in [1.29, 1.82) is 0 Å². The van der Waals surface area contributed by atoms with Crippen molar-refractivity contribution in [3.63, 3.8) is 0 Å². The Balaban J connectivity index is 2.13. The smallest absolute Gasteiger partial charge is 0.173 e. The van der Waals surface area contributed by atoms with E-state index < -0.39 is 57.9 Å². The van der Waals surface area contributed by atoms with Crippen molar-refractivity contribution in [3.05, 3.63) is 88.3 Å². The van der Waals surface area contributed by atoms with Crippen LogP contribution < -0.4 is 0 Å². The first-order valence-electron chi connectivity index (χ1n) is 9.48. The van der Waals surface area contributed by atoms with Crippen molar-refractivity contribution in [2.75, 3.05) is 0 Å². The molecular formula is C23H20F6. The number of benzene rings is 2. The van der Waals surface area contributed by atoms with Crippen LogP contribution in [0.3, 0.4) is 0 Å². The van der Waals surface area contributed by atoms with Gasteiger partial charge in [0.25, 0.3) is 0 Å². The lowest BCUT2D eigenvalue weighted by Crippen LogP contribution is -2.27. The molecule has 2 aromatic rings. The summed E-state index contributed by atoms with van der Waals surface area (Å²) in [6.07, 6.45) is 3.81. The first-order valence-corrected chi connectivity index (χ1v) is 9.48. The molecule has 0 saturated heterocycles. The van der Waals surface area contributed by atoms with Gasteiger partial charge < -0.3 is 0 Å².